The molecule has 0 aliphatic heterocycles. The molecular formula is C15H16ClN5O2. The van der Waals surface area contributed by atoms with Crippen LogP contribution in [0.3, 0.4) is 0 Å². The van der Waals surface area contributed by atoms with Crippen molar-refractivity contribution in [3.63, 3.8) is 0 Å². The van der Waals surface area contributed by atoms with E-state index in [-0.39, 0.29) is 5.82 Å². The van der Waals surface area contributed by atoms with E-state index in [0.717, 1.165) is 0 Å². The van der Waals surface area contributed by atoms with Crippen molar-refractivity contribution in [1.82, 2.24) is 25.4 Å². The van der Waals surface area contributed by atoms with Gasteiger partial charge in [0.2, 0.25) is 5.82 Å². The van der Waals surface area contributed by atoms with Crippen molar-refractivity contribution in [2.75, 3.05) is 0 Å². The first-order chi connectivity index (χ1) is 10.8. The SMILES string of the molecule is CC(C)(C)N(NC(=O)c1ccc(Cl)cc1)C(=O)c1ncncn1. The molecule has 0 unspecified atom stereocenters. The summed E-state index contributed by atoms with van der Waals surface area (Å²) in [7, 11) is 0. The highest BCUT2D eigenvalue weighted by molar-refractivity contribution is 6.30. The molecule has 0 saturated heterocycles. The standard InChI is InChI=1S/C15H16ClN5O2/c1-15(2,3)21(14(23)12-18-8-17-9-19-12)20-13(22)10-4-6-11(16)7-5-10/h4-9H,1-3H3,(H,20,22). The molecule has 8 heteroatoms. The molecule has 1 aromatic heterocycles. The van der Waals surface area contributed by atoms with Crippen molar-refractivity contribution < 1.29 is 9.59 Å². The molecule has 0 radical (unpaired) electrons. The predicted molar refractivity (Wildman–Crippen MR) is 84.7 cm³/mol. The molecule has 0 fully saturated rings. The minimum Gasteiger partial charge on any atom is -0.267 e. The van der Waals surface area contributed by atoms with E-state index in [1.165, 1.54) is 17.7 Å². The number of nitrogens with zero attached hydrogens (tertiary/aromatic N) is 4. The number of nitrogens with one attached hydrogen (secondary N) is 1. The molecule has 0 aliphatic carbocycles. The number of hydrogen-bond donors (Lipinski definition) is 1. The average molecular weight is 334 g/mol. The lowest BCUT2D eigenvalue weighted by molar-refractivity contribution is 0.0348. The fraction of sp³-hybridized carbons (Fsp3) is 0.267. The van der Waals surface area contributed by atoms with Gasteiger partial charge in [0, 0.05) is 10.6 Å². The van der Waals surface area contributed by atoms with Gasteiger partial charge in [-0.25, -0.2) is 20.0 Å². The summed E-state index contributed by atoms with van der Waals surface area (Å²) < 4.78 is 0. The maximum absolute atomic E-state index is 12.5. The number of halogens is 1. The summed E-state index contributed by atoms with van der Waals surface area (Å²) in [5.41, 5.74) is 2.30. The quantitative estimate of drug-likeness (QED) is 0.850. The van der Waals surface area contributed by atoms with E-state index in [1.54, 1.807) is 45.0 Å². The number of hydrogen-bond acceptors (Lipinski definition) is 5. The summed E-state index contributed by atoms with van der Waals surface area (Å²) in [6.45, 7) is 5.36. The smallest absolute Gasteiger partial charge is 0.267 e. The molecule has 1 aromatic carbocycles. The molecule has 2 amide bonds. The molecule has 120 valence electrons. The number of carbonyl (C=O) groups excluding carboxylic acids is 2. The molecule has 23 heavy (non-hydrogen) atoms. The summed E-state index contributed by atoms with van der Waals surface area (Å²) in [5.74, 6) is -1.01. The zero-order chi connectivity index (χ0) is 17.0. The molecule has 0 aliphatic rings. The van der Waals surface area contributed by atoms with Gasteiger partial charge in [0.25, 0.3) is 5.91 Å². The lowest BCUT2D eigenvalue weighted by Crippen LogP contribution is -2.56. The topological polar surface area (TPSA) is 88.1 Å². The van der Waals surface area contributed by atoms with Crippen LogP contribution in [0, 0.1) is 0 Å². The molecule has 1 N–H and O–H groups in total. The van der Waals surface area contributed by atoms with Gasteiger partial charge in [-0.1, -0.05) is 11.6 Å². The van der Waals surface area contributed by atoms with Crippen LogP contribution in [0.4, 0.5) is 0 Å². The molecule has 0 saturated carbocycles. The summed E-state index contributed by atoms with van der Waals surface area (Å²) in [6, 6.07) is 6.36. The van der Waals surface area contributed by atoms with Crippen LogP contribution in [0.5, 0.6) is 0 Å². The van der Waals surface area contributed by atoms with Gasteiger partial charge in [-0.2, -0.15) is 0 Å². The lowest BCUT2D eigenvalue weighted by Gasteiger charge is -2.34. The van der Waals surface area contributed by atoms with E-state index in [2.05, 4.69) is 20.4 Å². The normalized spacial score (nSPS) is 11.0. The van der Waals surface area contributed by atoms with Gasteiger partial charge in [0.15, 0.2) is 0 Å². The lowest BCUT2D eigenvalue weighted by atomic mass is 10.1. The molecule has 0 spiro atoms. The summed E-state index contributed by atoms with van der Waals surface area (Å²) in [4.78, 5) is 36.2. The number of aromatic nitrogens is 3. The second-order valence-electron chi connectivity index (χ2n) is 5.72. The van der Waals surface area contributed by atoms with E-state index < -0.39 is 17.4 Å². The summed E-state index contributed by atoms with van der Waals surface area (Å²) >= 11 is 5.81. The second-order valence-corrected chi connectivity index (χ2v) is 6.16. The molecule has 0 atom stereocenters. The van der Waals surface area contributed by atoms with Crippen LogP contribution >= 0.6 is 11.6 Å². The van der Waals surface area contributed by atoms with Crippen molar-refractivity contribution in [2.45, 2.75) is 26.3 Å². The third-order valence-electron chi connectivity index (χ3n) is 2.88. The zero-order valence-corrected chi connectivity index (χ0v) is 13.7. The predicted octanol–water partition coefficient (Wildman–Crippen LogP) is 2.11. The number of benzene rings is 1. The highest BCUT2D eigenvalue weighted by Crippen LogP contribution is 2.15. The fourth-order valence-electron chi connectivity index (χ4n) is 1.74. The molecule has 1 heterocycles. The number of carbonyl (C=O) groups is 2. The van der Waals surface area contributed by atoms with Gasteiger partial charge < -0.3 is 0 Å². The van der Waals surface area contributed by atoms with E-state index in [1.807, 2.05) is 0 Å². The van der Waals surface area contributed by atoms with Gasteiger partial charge in [-0.3, -0.25) is 15.0 Å². The third kappa shape index (κ3) is 4.23. The van der Waals surface area contributed by atoms with Crippen molar-refractivity contribution in [2.24, 2.45) is 0 Å². The van der Waals surface area contributed by atoms with Gasteiger partial charge in [0.05, 0.1) is 5.54 Å². The Hall–Kier alpha value is -2.54. The van der Waals surface area contributed by atoms with Gasteiger partial charge in [-0.05, 0) is 45.0 Å². The van der Waals surface area contributed by atoms with Gasteiger partial charge in [-0.15, -0.1) is 0 Å². The Morgan fingerprint density at radius 1 is 1.09 bits per heavy atom. The molecule has 2 rings (SSSR count). The van der Waals surface area contributed by atoms with Crippen LogP contribution in [0.2, 0.25) is 5.02 Å². The van der Waals surface area contributed by atoms with E-state index >= 15 is 0 Å². The van der Waals surface area contributed by atoms with Crippen LogP contribution in [-0.4, -0.2) is 37.3 Å². The first-order valence-corrected chi connectivity index (χ1v) is 7.20. The van der Waals surface area contributed by atoms with Crippen molar-refractivity contribution in [1.29, 1.82) is 0 Å². The Balaban J connectivity index is 2.24. The first kappa shape index (κ1) is 16.8. The van der Waals surface area contributed by atoms with E-state index in [0.29, 0.717) is 10.6 Å². The highest BCUT2D eigenvalue weighted by Gasteiger charge is 2.31. The number of amides is 2. The minimum atomic E-state index is -0.675. The van der Waals surface area contributed by atoms with Crippen LogP contribution in [0.1, 0.15) is 41.7 Å². The Kier molecular flexibility index (Phi) is 4.90. The molecular weight excluding hydrogens is 318 g/mol. The second kappa shape index (κ2) is 6.70. The van der Waals surface area contributed by atoms with Crippen LogP contribution in [-0.2, 0) is 0 Å². The highest BCUT2D eigenvalue weighted by atomic mass is 35.5. The van der Waals surface area contributed by atoms with E-state index in [9.17, 15) is 9.59 Å². The van der Waals surface area contributed by atoms with Crippen LogP contribution in [0.25, 0.3) is 0 Å². The zero-order valence-electron chi connectivity index (χ0n) is 12.9. The minimum absolute atomic E-state index is 0.0497. The Morgan fingerprint density at radius 3 is 2.17 bits per heavy atom. The summed E-state index contributed by atoms with van der Waals surface area (Å²) in [5, 5.41) is 1.72. The Morgan fingerprint density at radius 2 is 1.65 bits per heavy atom. The third-order valence-corrected chi connectivity index (χ3v) is 3.13. The fourth-order valence-corrected chi connectivity index (χ4v) is 1.87. The monoisotopic (exact) mass is 333 g/mol. The Bertz CT molecular complexity index is 698. The van der Waals surface area contributed by atoms with Crippen LogP contribution in [0.15, 0.2) is 36.9 Å². The molecule has 7 nitrogen and oxygen atoms in total. The van der Waals surface area contributed by atoms with Crippen molar-refractivity contribution >= 4 is 23.4 Å². The van der Waals surface area contributed by atoms with Gasteiger partial charge >= 0.3 is 5.91 Å². The van der Waals surface area contributed by atoms with Crippen LogP contribution < -0.4 is 5.43 Å². The molecule has 2 aromatic rings. The van der Waals surface area contributed by atoms with Crippen molar-refractivity contribution in [3.05, 3.63) is 53.3 Å². The number of rotatable bonds is 2. The van der Waals surface area contributed by atoms with E-state index in [4.69, 9.17) is 11.6 Å². The Labute approximate surface area is 138 Å². The maximum Gasteiger partial charge on any atom is 0.310 e. The number of hydrazine groups is 1. The summed E-state index contributed by atoms with van der Waals surface area (Å²) in [6.07, 6.45) is 2.45. The largest absolute Gasteiger partial charge is 0.310 e. The first-order valence-electron chi connectivity index (χ1n) is 6.82. The molecule has 0 bridgehead atoms. The average Bonchev–Trinajstić information content (AvgIpc) is 2.52. The van der Waals surface area contributed by atoms with Crippen molar-refractivity contribution in [3.8, 4) is 0 Å². The van der Waals surface area contributed by atoms with Gasteiger partial charge in [0.1, 0.15) is 12.7 Å². The maximum atomic E-state index is 12.5.